The van der Waals surface area contributed by atoms with Gasteiger partial charge in [-0.2, -0.15) is 0 Å². The SMILES string of the molecule is Cc1cc(C)c2nc(C3CC3)cc(C(=O)NCCC3CCNC3)c2c1. The number of nitrogens with one attached hydrogen (secondary N) is 2. The van der Waals surface area contributed by atoms with Crippen LogP contribution in [0.2, 0.25) is 0 Å². The summed E-state index contributed by atoms with van der Waals surface area (Å²) in [6.45, 7) is 7.11. The molecule has 1 unspecified atom stereocenters. The molecule has 4 rings (SSSR count). The number of carbonyl (C=O) groups excluding carboxylic acids is 1. The zero-order chi connectivity index (χ0) is 17.4. The third-order valence-electron chi connectivity index (χ3n) is 5.51. The van der Waals surface area contributed by atoms with Crippen LogP contribution in [-0.4, -0.2) is 30.5 Å². The number of pyridine rings is 1. The smallest absolute Gasteiger partial charge is 0.252 e. The Labute approximate surface area is 149 Å². The lowest BCUT2D eigenvalue weighted by atomic mass is 10.00. The normalized spacial score (nSPS) is 20.2. The van der Waals surface area contributed by atoms with Crippen LogP contribution in [0.25, 0.3) is 10.9 Å². The summed E-state index contributed by atoms with van der Waals surface area (Å²) in [6.07, 6.45) is 4.66. The van der Waals surface area contributed by atoms with E-state index in [-0.39, 0.29) is 5.91 Å². The molecule has 0 radical (unpaired) electrons. The van der Waals surface area contributed by atoms with E-state index in [9.17, 15) is 4.79 Å². The number of nitrogens with zero attached hydrogens (tertiary/aromatic N) is 1. The number of benzene rings is 1. The Morgan fingerprint density at radius 2 is 2.08 bits per heavy atom. The summed E-state index contributed by atoms with van der Waals surface area (Å²) in [7, 11) is 0. The fourth-order valence-corrected chi connectivity index (χ4v) is 3.92. The predicted molar refractivity (Wildman–Crippen MR) is 101 cm³/mol. The van der Waals surface area contributed by atoms with Crippen molar-refractivity contribution >= 4 is 16.8 Å². The largest absolute Gasteiger partial charge is 0.352 e. The maximum atomic E-state index is 12.9. The van der Waals surface area contributed by atoms with Gasteiger partial charge in [-0.05, 0) is 76.2 Å². The molecule has 4 nitrogen and oxygen atoms in total. The molecule has 0 bridgehead atoms. The molecule has 2 N–H and O–H groups in total. The van der Waals surface area contributed by atoms with E-state index >= 15 is 0 Å². The topological polar surface area (TPSA) is 54.0 Å². The molecule has 2 fully saturated rings. The summed E-state index contributed by atoms with van der Waals surface area (Å²) in [5.41, 5.74) is 5.20. The first-order chi connectivity index (χ1) is 12.1. The van der Waals surface area contributed by atoms with Gasteiger partial charge < -0.3 is 10.6 Å². The van der Waals surface area contributed by atoms with Crippen LogP contribution in [0.4, 0.5) is 0 Å². The Balaban J connectivity index is 1.60. The van der Waals surface area contributed by atoms with Crippen LogP contribution in [0.3, 0.4) is 0 Å². The number of aryl methyl sites for hydroxylation is 2. The van der Waals surface area contributed by atoms with Gasteiger partial charge in [0.1, 0.15) is 0 Å². The quantitative estimate of drug-likeness (QED) is 0.878. The lowest BCUT2D eigenvalue weighted by molar-refractivity contribution is 0.0953. The van der Waals surface area contributed by atoms with Gasteiger partial charge in [-0.1, -0.05) is 11.6 Å². The Morgan fingerprint density at radius 3 is 2.80 bits per heavy atom. The highest BCUT2D eigenvalue weighted by atomic mass is 16.1. The number of carbonyl (C=O) groups is 1. The number of amides is 1. The maximum absolute atomic E-state index is 12.9. The van der Waals surface area contributed by atoms with Gasteiger partial charge >= 0.3 is 0 Å². The molecular formula is C21H27N3O. The molecule has 25 heavy (non-hydrogen) atoms. The monoisotopic (exact) mass is 337 g/mol. The molecule has 1 aliphatic carbocycles. The van der Waals surface area contributed by atoms with E-state index in [4.69, 9.17) is 4.98 Å². The van der Waals surface area contributed by atoms with E-state index < -0.39 is 0 Å². The number of fused-ring (bicyclic) bond motifs is 1. The second-order valence-electron chi connectivity index (χ2n) is 7.75. The second-order valence-corrected chi connectivity index (χ2v) is 7.75. The molecule has 2 heterocycles. The van der Waals surface area contributed by atoms with Crippen LogP contribution in [0.1, 0.15) is 58.8 Å². The first-order valence-electron chi connectivity index (χ1n) is 9.52. The van der Waals surface area contributed by atoms with Gasteiger partial charge in [-0.3, -0.25) is 9.78 Å². The summed E-state index contributed by atoms with van der Waals surface area (Å²) in [5.74, 6) is 1.28. The van der Waals surface area contributed by atoms with Gasteiger partial charge in [0.2, 0.25) is 0 Å². The molecule has 1 saturated heterocycles. The van der Waals surface area contributed by atoms with Crippen LogP contribution < -0.4 is 10.6 Å². The highest BCUT2D eigenvalue weighted by molar-refractivity contribution is 6.07. The molecular weight excluding hydrogens is 310 g/mol. The third kappa shape index (κ3) is 3.54. The van der Waals surface area contributed by atoms with Crippen molar-refractivity contribution < 1.29 is 4.79 Å². The van der Waals surface area contributed by atoms with Crippen molar-refractivity contribution in [3.05, 3.63) is 40.6 Å². The molecule has 1 aromatic carbocycles. The summed E-state index contributed by atoms with van der Waals surface area (Å²) in [4.78, 5) is 17.8. The van der Waals surface area contributed by atoms with Crippen molar-refractivity contribution in [2.75, 3.05) is 19.6 Å². The minimum Gasteiger partial charge on any atom is -0.352 e. The van der Waals surface area contributed by atoms with Crippen molar-refractivity contribution in [2.24, 2.45) is 5.92 Å². The van der Waals surface area contributed by atoms with Crippen LogP contribution >= 0.6 is 0 Å². The molecule has 1 amide bonds. The fourth-order valence-electron chi connectivity index (χ4n) is 3.92. The standard InChI is InChI=1S/C21H27N3O/c1-13-9-14(2)20-17(10-13)18(11-19(24-20)16-3-4-16)21(25)23-8-6-15-5-7-22-12-15/h9-11,15-16,22H,3-8,12H2,1-2H3,(H,23,25). The van der Waals surface area contributed by atoms with Gasteiger partial charge in [-0.25, -0.2) is 0 Å². The van der Waals surface area contributed by atoms with E-state index in [2.05, 4.69) is 36.6 Å². The van der Waals surface area contributed by atoms with Crippen molar-refractivity contribution in [1.82, 2.24) is 15.6 Å². The minimum atomic E-state index is 0.0465. The highest BCUT2D eigenvalue weighted by Crippen LogP contribution is 2.40. The lowest BCUT2D eigenvalue weighted by Gasteiger charge is -2.13. The zero-order valence-electron chi connectivity index (χ0n) is 15.2. The highest BCUT2D eigenvalue weighted by Gasteiger charge is 2.27. The average molecular weight is 337 g/mol. The molecule has 2 aliphatic rings. The molecule has 1 saturated carbocycles. The van der Waals surface area contributed by atoms with Crippen LogP contribution in [0.5, 0.6) is 0 Å². The van der Waals surface area contributed by atoms with Crippen molar-refractivity contribution in [1.29, 1.82) is 0 Å². The van der Waals surface area contributed by atoms with E-state index in [1.807, 2.05) is 6.07 Å². The van der Waals surface area contributed by atoms with Crippen molar-refractivity contribution in [2.45, 2.75) is 45.4 Å². The molecule has 1 aromatic heterocycles. The number of hydrogen-bond donors (Lipinski definition) is 2. The Bertz CT molecular complexity index is 804. The Hall–Kier alpha value is -1.94. The van der Waals surface area contributed by atoms with Crippen LogP contribution in [0, 0.1) is 19.8 Å². The molecule has 4 heteroatoms. The average Bonchev–Trinajstić information content (AvgIpc) is 3.31. The summed E-state index contributed by atoms with van der Waals surface area (Å²) >= 11 is 0. The van der Waals surface area contributed by atoms with E-state index in [0.29, 0.717) is 11.8 Å². The van der Waals surface area contributed by atoms with Gasteiger partial charge in [0.15, 0.2) is 0 Å². The van der Waals surface area contributed by atoms with Gasteiger partial charge in [0.25, 0.3) is 5.91 Å². The number of hydrogen-bond acceptors (Lipinski definition) is 3. The lowest BCUT2D eigenvalue weighted by Crippen LogP contribution is -2.27. The van der Waals surface area contributed by atoms with Crippen LogP contribution in [0.15, 0.2) is 18.2 Å². The van der Waals surface area contributed by atoms with E-state index in [1.54, 1.807) is 0 Å². The van der Waals surface area contributed by atoms with Crippen LogP contribution in [-0.2, 0) is 0 Å². The van der Waals surface area contributed by atoms with Crippen molar-refractivity contribution in [3.63, 3.8) is 0 Å². The fraction of sp³-hybridized carbons (Fsp3) is 0.524. The Kier molecular flexibility index (Phi) is 4.46. The van der Waals surface area contributed by atoms with Crippen molar-refractivity contribution in [3.8, 4) is 0 Å². The van der Waals surface area contributed by atoms with E-state index in [0.717, 1.165) is 53.8 Å². The minimum absolute atomic E-state index is 0.0465. The predicted octanol–water partition coefficient (Wildman–Crippen LogP) is 3.46. The molecule has 0 spiro atoms. The third-order valence-corrected chi connectivity index (χ3v) is 5.51. The summed E-state index contributed by atoms with van der Waals surface area (Å²) < 4.78 is 0. The molecule has 132 valence electrons. The van der Waals surface area contributed by atoms with Gasteiger partial charge in [0.05, 0.1) is 11.1 Å². The van der Waals surface area contributed by atoms with Gasteiger partial charge in [-0.15, -0.1) is 0 Å². The first kappa shape index (κ1) is 16.5. The molecule has 1 atom stereocenters. The number of rotatable bonds is 5. The molecule has 1 aliphatic heterocycles. The van der Waals surface area contributed by atoms with Gasteiger partial charge in [0, 0.05) is 23.5 Å². The number of aromatic nitrogens is 1. The van der Waals surface area contributed by atoms with E-state index in [1.165, 1.54) is 24.8 Å². The Morgan fingerprint density at radius 1 is 1.24 bits per heavy atom. The second kappa shape index (κ2) is 6.75. The molecule has 2 aromatic rings. The maximum Gasteiger partial charge on any atom is 0.252 e. The summed E-state index contributed by atoms with van der Waals surface area (Å²) in [6, 6.07) is 6.29. The summed E-state index contributed by atoms with van der Waals surface area (Å²) in [5, 5.41) is 7.52. The first-order valence-corrected chi connectivity index (χ1v) is 9.52. The zero-order valence-corrected chi connectivity index (χ0v) is 15.2.